The van der Waals surface area contributed by atoms with Crippen molar-refractivity contribution in [2.45, 2.75) is 33.3 Å². The molecule has 1 rings (SSSR count). The molecule has 1 heteroatoms. The number of hydrogen-bond donors (Lipinski definition) is 1. The molecule has 12 heavy (non-hydrogen) atoms. The van der Waals surface area contributed by atoms with Gasteiger partial charge in [0, 0.05) is 0 Å². The van der Waals surface area contributed by atoms with Gasteiger partial charge in [-0.2, -0.15) is 0 Å². The molecule has 0 aliphatic rings. The fraction of sp³-hybridized carbons (Fsp3) is 0.455. The minimum atomic E-state index is 0.164. The first-order valence-corrected chi connectivity index (χ1v) is 4.47. The molecule has 1 N–H and O–H groups in total. The van der Waals surface area contributed by atoms with Crippen molar-refractivity contribution in [3.05, 3.63) is 34.9 Å². The molecule has 0 unspecified atom stereocenters. The summed E-state index contributed by atoms with van der Waals surface area (Å²) >= 11 is 0. The van der Waals surface area contributed by atoms with E-state index in [2.05, 4.69) is 32.0 Å². The Kier molecular flexibility index (Phi) is 3.30. The molecular weight excluding hydrogens is 148 g/mol. The Morgan fingerprint density at radius 1 is 1.25 bits per heavy atom. The summed E-state index contributed by atoms with van der Waals surface area (Å²) in [5, 5.41) is 9.07. The zero-order valence-corrected chi connectivity index (χ0v) is 7.80. The molecule has 0 radical (unpaired) electrons. The molecule has 1 nitrogen and oxygen atoms in total. The summed E-state index contributed by atoms with van der Waals surface area (Å²) in [5.41, 5.74) is 3.58. The average Bonchev–Trinajstić information content (AvgIpc) is 2.08. The molecule has 0 atom stereocenters. The van der Waals surface area contributed by atoms with Crippen molar-refractivity contribution < 1.29 is 5.11 Å². The van der Waals surface area contributed by atoms with Crippen LogP contribution in [0.1, 0.15) is 30.0 Å². The summed E-state index contributed by atoms with van der Waals surface area (Å²) in [6, 6.07) is 6.28. The maximum Gasteiger partial charge on any atom is 0.0684 e. The molecule has 0 aliphatic carbocycles. The van der Waals surface area contributed by atoms with Crippen LogP contribution in [-0.2, 0) is 13.0 Å². The normalized spacial score (nSPS) is 10.2. The predicted octanol–water partition coefficient (Wildman–Crippen LogP) is 2.44. The second kappa shape index (κ2) is 4.27. The van der Waals surface area contributed by atoms with Gasteiger partial charge < -0.3 is 5.11 Å². The summed E-state index contributed by atoms with van der Waals surface area (Å²) in [4.78, 5) is 0. The summed E-state index contributed by atoms with van der Waals surface area (Å²) in [5.74, 6) is 0. The predicted molar refractivity (Wildman–Crippen MR) is 51.1 cm³/mol. The van der Waals surface area contributed by atoms with E-state index in [1.165, 1.54) is 11.1 Å². The number of aryl methyl sites for hydroxylation is 2. The van der Waals surface area contributed by atoms with Gasteiger partial charge in [0.1, 0.15) is 0 Å². The standard InChI is InChI=1S/C11H16O/c1-3-4-10-6-5-9(2)7-11(10)8-12/h5-7,12H,3-4,8H2,1-2H3. The van der Waals surface area contributed by atoms with Gasteiger partial charge in [-0.05, 0) is 24.5 Å². The van der Waals surface area contributed by atoms with Gasteiger partial charge in [-0.1, -0.05) is 37.1 Å². The van der Waals surface area contributed by atoms with Gasteiger partial charge >= 0.3 is 0 Å². The highest BCUT2D eigenvalue weighted by atomic mass is 16.3. The summed E-state index contributed by atoms with van der Waals surface area (Å²) in [6.45, 7) is 4.37. The van der Waals surface area contributed by atoms with E-state index in [1.54, 1.807) is 0 Å². The van der Waals surface area contributed by atoms with Gasteiger partial charge in [-0.3, -0.25) is 0 Å². The third-order valence-electron chi connectivity index (χ3n) is 2.05. The second-order valence-electron chi connectivity index (χ2n) is 3.18. The molecule has 1 aromatic rings. The van der Waals surface area contributed by atoms with E-state index in [9.17, 15) is 0 Å². The van der Waals surface area contributed by atoms with Gasteiger partial charge in [0.15, 0.2) is 0 Å². The first-order chi connectivity index (χ1) is 5.77. The van der Waals surface area contributed by atoms with Crippen LogP contribution in [0, 0.1) is 6.92 Å². The van der Waals surface area contributed by atoms with E-state index in [-0.39, 0.29) is 6.61 Å². The Morgan fingerprint density at radius 2 is 2.00 bits per heavy atom. The molecule has 0 aliphatic heterocycles. The van der Waals surface area contributed by atoms with Crippen LogP contribution < -0.4 is 0 Å². The quantitative estimate of drug-likeness (QED) is 0.727. The number of benzene rings is 1. The molecule has 0 spiro atoms. The largest absolute Gasteiger partial charge is 0.392 e. The lowest BCUT2D eigenvalue weighted by Gasteiger charge is -2.06. The van der Waals surface area contributed by atoms with Crippen molar-refractivity contribution in [1.29, 1.82) is 0 Å². The Labute approximate surface area is 74.1 Å². The van der Waals surface area contributed by atoms with Gasteiger partial charge in [-0.15, -0.1) is 0 Å². The molecule has 0 fully saturated rings. The van der Waals surface area contributed by atoms with Crippen LogP contribution in [0.4, 0.5) is 0 Å². The minimum Gasteiger partial charge on any atom is -0.392 e. The molecule has 66 valence electrons. The minimum absolute atomic E-state index is 0.164. The Hall–Kier alpha value is -0.820. The van der Waals surface area contributed by atoms with Crippen LogP contribution in [0.25, 0.3) is 0 Å². The lowest BCUT2D eigenvalue weighted by atomic mass is 10.0. The van der Waals surface area contributed by atoms with Gasteiger partial charge in [0.2, 0.25) is 0 Å². The van der Waals surface area contributed by atoms with E-state index in [4.69, 9.17) is 5.11 Å². The van der Waals surface area contributed by atoms with E-state index in [0.717, 1.165) is 18.4 Å². The number of aliphatic hydroxyl groups is 1. The molecular formula is C11H16O. The maximum absolute atomic E-state index is 9.07. The first-order valence-electron chi connectivity index (χ1n) is 4.47. The zero-order valence-electron chi connectivity index (χ0n) is 7.80. The fourth-order valence-electron chi connectivity index (χ4n) is 1.42. The van der Waals surface area contributed by atoms with Crippen LogP contribution in [0.15, 0.2) is 18.2 Å². The monoisotopic (exact) mass is 164 g/mol. The molecule has 0 amide bonds. The Bertz CT molecular complexity index is 253. The van der Waals surface area contributed by atoms with Crippen LogP contribution >= 0.6 is 0 Å². The molecule has 0 saturated heterocycles. The average molecular weight is 164 g/mol. The highest BCUT2D eigenvalue weighted by Gasteiger charge is 1.99. The molecule has 0 bridgehead atoms. The highest BCUT2D eigenvalue weighted by molar-refractivity contribution is 5.31. The van der Waals surface area contributed by atoms with Crippen molar-refractivity contribution in [1.82, 2.24) is 0 Å². The van der Waals surface area contributed by atoms with Crippen molar-refractivity contribution in [3.8, 4) is 0 Å². The first kappa shape index (κ1) is 9.27. The van der Waals surface area contributed by atoms with Crippen molar-refractivity contribution in [3.63, 3.8) is 0 Å². The van der Waals surface area contributed by atoms with E-state index in [1.807, 2.05) is 0 Å². The lowest BCUT2D eigenvalue weighted by molar-refractivity contribution is 0.280. The number of hydrogen-bond acceptors (Lipinski definition) is 1. The number of rotatable bonds is 3. The summed E-state index contributed by atoms with van der Waals surface area (Å²) in [6.07, 6.45) is 2.20. The van der Waals surface area contributed by atoms with Crippen molar-refractivity contribution >= 4 is 0 Å². The SMILES string of the molecule is CCCc1ccc(C)cc1CO. The van der Waals surface area contributed by atoms with Crippen molar-refractivity contribution in [2.24, 2.45) is 0 Å². The maximum atomic E-state index is 9.07. The van der Waals surface area contributed by atoms with E-state index < -0.39 is 0 Å². The number of aliphatic hydroxyl groups excluding tert-OH is 1. The third-order valence-corrected chi connectivity index (χ3v) is 2.05. The highest BCUT2D eigenvalue weighted by Crippen LogP contribution is 2.13. The molecule has 1 aromatic carbocycles. The topological polar surface area (TPSA) is 20.2 Å². The Morgan fingerprint density at radius 3 is 2.58 bits per heavy atom. The Balaban J connectivity index is 2.94. The molecule has 0 aromatic heterocycles. The second-order valence-corrected chi connectivity index (χ2v) is 3.18. The van der Waals surface area contributed by atoms with Gasteiger partial charge in [0.25, 0.3) is 0 Å². The van der Waals surface area contributed by atoms with Gasteiger partial charge in [-0.25, -0.2) is 0 Å². The van der Waals surface area contributed by atoms with Crippen molar-refractivity contribution in [2.75, 3.05) is 0 Å². The fourth-order valence-corrected chi connectivity index (χ4v) is 1.42. The third kappa shape index (κ3) is 2.08. The van der Waals surface area contributed by atoms with E-state index in [0.29, 0.717) is 0 Å². The molecule has 0 heterocycles. The van der Waals surface area contributed by atoms with Crippen LogP contribution in [0.3, 0.4) is 0 Å². The van der Waals surface area contributed by atoms with Crippen LogP contribution in [-0.4, -0.2) is 5.11 Å². The van der Waals surface area contributed by atoms with E-state index >= 15 is 0 Å². The summed E-state index contributed by atoms with van der Waals surface area (Å²) < 4.78 is 0. The van der Waals surface area contributed by atoms with Crippen LogP contribution in [0.5, 0.6) is 0 Å². The van der Waals surface area contributed by atoms with Crippen LogP contribution in [0.2, 0.25) is 0 Å². The lowest BCUT2D eigenvalue weighted by Crippen LogP contribution is -1.94. The summed E-state index contributed by atoms with van der Waals surface area (Å²) in [7, 11) is 0. The van der Waals surface area contributed by atoms with Gasteiger partial charge in [0.05, 0.1) is 6.61 Å². The molecule has 0 saturated carbocycles. The smallest absolute Gasteiger partial charge is 0.0684 e. The zero-order chi connectivity index (χ0) is 8.97.